The first kappa shape index (κ1) is 8.87. The molecule has 2 nitrogen and oxygen atoms in total. The lowest BCUT2D eigenvalue weighted by Crippen LogP contribution is -2.24. The fourth-order valence-corrected chi connectivity index (χ4v) is 2.27. The standard InChI is InChI=1S/C9H8N2S2/c10-8-7(11-9(12)13-8)6-4-2-1-3-5-6/h1-5,8H,10H2. The number of nitrogens with zero attached hydrogens (tertiary/aromatic N) is 1. The molecule has 2 N–H and O–H groups in total. The van der Waals surface area contributed by atoms with Crippen LogP contribution in [0.1, 0.15) is 5.56 Å². The number of benzene rings is 1. The highest BCUT2D eigenvalue weighted by molar-refractivity contribution is 8.24. The fourth-order valence-electron chi connectivity index (χ4n) is 1.19. The third kappa shape index (κ3) is 1.80. The molecule has 0 bridgehead atoms. The second-order valence-corrected chi connectivity index (χ2v) is 4.44. The zero-order valence-corrected chi connectivity index (χ0v) is 8.44. The number of nitrogens with two attached hydrogens (primary N) is 1. The van der Waals surface area contributed by atoms with E-state index in [0.29, 0.717) is 4.32 Å². The summed E-state index contributed by atoms with van der Waals surface area (Å²) in [4.78, 5) is 4.23. The summed E-state index contributed by atoms with van der Waals surface area (Å²) in [7, 11) is 0. The zero-order chi connectivity index (χ0) is 9.26. The van der Waals surface area contributed by atoms with Crippen LogP contribution in [-0.2, 0) is 0 Å². The maximum Gasteiger partial charge on any atom is 0.161 e. The van der Waals surface area contributed by atoms with Gasteiger partial charge in [0.05, 0.1) is 5.71 Å². The summed E-state index contributed by atoms with van der Waals surface area (Å²) < 4.78 is 0.631. The third-order valence-electron chi connectivity index (χ3n) is 1.78. The van der Waals surface area contributed by atoms with Crippen molar-refractivity contribution in [1.82, 2.24) is 0 Å². The van der Waals surface area contributed by atoms with Crippen LogP contribution in [0.5, 0.6) is 0 Å². The predicted molar refractivity (Wildman–Crippen MR) is 61.1 cm³/mol. The van der Waals surface area contributed by atoms with Crippen LogP contribution < -0.4 is 5.73 Å². The highest BCUT2D eigenvalue weighted by Crippen LogP contribution is 2.23. The average Bonchev–Trinajstić information content (AvgIpc) is 2.47. The summed E-state index contributed by atoms with van der Waals surface area (Å²) in [6.45, 7) is 0. The van der Waals surface area contributed by atoms with Gasteiger partial charge in [0.1, 0.15) is 5.37 Å². The molecular formula is C9H8N2S2. The molecule has 0 aromatic heterocycles. The molecular weight excluding hydrogens is 200 g/mol. The molecule has 0 amide bonds. The van der Waals surface area contributed by atoms with E-state index in [-0.39, 0.29) is 5.37 Å². The Kier molecular flexibility index (Phi) is 2.44. The molecule has 1 atom stereocenters. The second kappa shape index (κ2) is 3.57. The van der Waals surface area contributed by atoms with E-state index in [1.807, 2.05) is 30.3 Å². The average molecular weight is 208 g/mol. The predicted octanol–water partition coefficient (Wildman–Crippen LogP) is 1.79. The van der Waals surface area contributed by atoms with Crippen molar-refractivity contribution < 1.29 is 0 Å². The molecule has 1 aliphatic rings. The number of hydrogen-bond acceptors (Lipinski definition) is 3. The molecule has 0 spiro atoms. The van der Waals surface area contributed by atoms with E-state index in [4.69, 9.17) is 18.0 Å². The number of aliphatic imine (C=N–C) groups is 1. The van der Waals surface area contributed by atoms with Crippen LogP contribution in [0.4, 0.5) is 0 Å². The maximum absolute atomic E-state index is 5.85. The van der Waals surface area contributed by atoms with Gasteiger partial charge in [-0.25, -0.2) is 4.99 Å². The van der Waals surface area contributed by atoms with Gasteiger partial charge in [-0.1, -0.05) is 54.3 Å². The van der Waals surface area contributed by atoms with Crippen molar-refractivity contribution in [2.75, 3.05) is 0 Å². The Morgan fingerprint density at radius 3 is 2.54 bits per heavy atom. The third-order valence-corrected chi connectivity index (χ3v) is 2.93. The Morgan fingerprint density at radius 2 is 2.00 bits per heavy atom. The van der Waals surface area contributed by atoms with Crippen LogP contribution in [0.25, 0.3) is 0 Å². The van der Waals surface area contributed by atoms with Crippen molar-refractivity contribution in [3.8, 4) is 0 Å². The number of thioether (sulfide) groups is 1. The van der Waals surface area contributed by atoms with Gasteiger partial charge in [-0.2, -0.15) is 0 Å². The minimum absolute atomic E-state index is 0.102. The lowest BCUT2D eigenvalue weighted by Gasteiger charge is -2.04. The van der Waals surface area contributed by atoms with Crippen LogP contribution in [0, 0.1) is 0 Å². The monoisotopic (exact) mass is 208 g/mol. The van der Waals surface area contributed by atoms with Crippen molar-refractivity contribution in [3.05, 3.63) is 35.9 Å². The van der Waals surface area contributed by atoms with Crippen LogP contribution in [0.2, 0.25) is 0 Å². The van der Waals surface area contributed by atoms with E-state index in [0.717, 1.165) is 11.3 Å². The Morgan fingerprint density at radius 1 is 1.31 bits per heavy atom. The summed E-state index contributed by atoms with van der Waals surface area (Å²) in [5.41, 5.74) is 7.79. The molecule has 4 heteroatoms. The first-order valence-electron chi connectivity index (χ1n) is 3.87. The van der Waals surface area contributed by atoms with Gasteiger partial charge in [0.25, 0.3) is 0 Å². The summed E-state index contributed by atoms with van der Waals surface area (Å²) in [5.74, 6) is 0. The SMILES string of the molecule is NC1SC(=S)N=C1c1ccccc1. The van der Waals surface area contributed by atoms with Gasteiger partial charge in [0, 0.05) is 0 Å². The Labute approximate surface area is 86.2 Å². The molecule has 1 aromatic rings. The van der Waals surface area contributed by atoms with E-state index >= 15 is 0 Å². The molecule has 13 heavy (non-hydrogen) atoms. The minimum Gasteiger partial charge on any atom is -0.314 e. The van der Waals surface area contributed by atoms with Gasteiger partial charge >= 0.3 is 0 Å². The molecule has 1 aromatic carbocycles. The largest absolute Gasteiger partial charge is 0.314 e. The lowest BCUT2D eigenvalue weighted by molar-refractivity contribution is 1.23. The van der Waals surface area contributed by atoms with Gasteiger partial charge in [0.2, 0.25) is 0 Å². The smallest absolute Gasteiger partial charge is 0.161 e. The molecule has 66 valence electrons. The maximum atomic E-state index is 5.85. The number of hydrogen-bond donors (Lipinski definition) is 1. The Bertz CT molecular complexity index is 359. The highest BCUT2D eigenvalue weighted by atomic mass is 32.2. The number of rotatable bonds is 1. The summed E-state index contributed by atoms with van der Waals surface area (Å²) in [6, 6.07) is 9.89. The first-order chi connectivity index (χ1) is 6.27. The first-order valence-corrected chi connectivity index (χ1v) is 5.16. The quantitative estimate of drug-likeness (QED) is 0.715. The van der Waals surface area contributed by atoms with Crippen molar-refractivity contribution >= 4 is 34.0 Å². The normalized spacial score (nSPS) is 21.8. The van der Waals surface area contributed by atoms with E-state index in [9.17, 15) is 0 Å². The van der Waals surface area contributed by atoms with E-state index in [1.54, 1.807) is 0 Å². The molecule has 0 radical (unpaired) electrons. The van der Waals surface area contributed by atoms with Gasteiger partial charge in [-0.05, 0) is 5.56 Å². The van der Waals surface area contributed by atoms with Crippen LogP contribution in [0.3, 0.4) is 0 Å². The highest BCUT2D eigenvalue weighted by Gasteiger charge is 2.22. The molecule has 0 saturated heterocycles. The van der Waals surface area contributed by atoms with Gasteiger partial charge in [-0.15, -0.1) is 0 Å². The number of thiocarbonyl (C=S) groups is 1. The van der Waals surface area contributed by atoms with E-state index in [2.05, 4.69) is 4.99 Å². The van der Waals surface area contributed by atoms with Crippen molar-refractivity contribution in [1.29, 1.82) is 0 Å². The summed E-state index contributed by atoms with van der Waals surface area (Å²) in [5, 5.41) is -0.102. The van der Waals surface area contributed by atoms with Crippen molar-refractivity contribution in [2.24, 2.45) is 10.7 Å². The van der Waals surface area contributed by atoms with Crippen molar-refractivity contribution in [3.63, 3.8) is 0 Å². The van der Waals surface area contributed by atoms with E-state index in [1.165, 1.54) is 11.8 Å². The molecule has 0 fully saturated rings. The van der Waals surface area contributed by atoms with Gasteiger partial charge < -0.3 is 5.73 Å². The molecule has 1 heterocycles. The van der Waals surface area contributed by atoms with E-state index < -0.39 is 0 Å². The zero-order valence-electron chi connectivity index (χ0n) is 6.81. The molecule has 1 aliphatic heterocycles. The molecule has 2 rings (SSSR count). The lowest BCUT2D eigenvalue weighted by atomic mass is 10.1. The Hall–Kier alpha value is -0.710. The fraction of sp³-hybridized carbons (Fsp3) is 0.111. The molecule has 0 saturated carbocycles. The molecule has 1 unspecified atom stereocenters. The van der Waals surface area contributed by atoms with Crippen LogP contribution in [0.15, 0.2) is 35.3 Å². The summed E-state index contributed by atoms with van der Waals surface area (Å²) in [6.07, 6.45) is 0. The Balaban J connectivity index is 2.37. The van der Waals surface area contributed by atoms with Gasteiger partial charge in [0.15, 0.2) is 4.32 Å². The summed E-state index contributed by atoms with van der Waals surface area (Å²) >= 11 is 6.40. The van der Waals surface area contributed by atoms with Crippen molar-refractivity contribution in [2.45, 2.75) is 5.37 Å². The van der Waals surface area contributed by atoms with Gasteiger partial charge in [-0.3, -0.25) is 0 Å². The van der Waals surface area contributed by atoms with Crippen LogP contribution >= 0.6 is 24.0 Å². The topological polar surface area (TPSA) is 38.4 Å². The minimum atomic E-state index is -0.102. The molecule has 0 aliphatic carbocycles. The second-order valence-electron chi connectivity index (χ2n) is 2.67. The van der Waals surface area contributed by atoms with Crippen LogP contribution in [-0.4, -0.2) is 15.4 Å².